The van der Waals surface area contributed by atoms with Crippen molar-refractivity contribution in [1.29, 1.82) is 0 Å². The van der Waals surface area contributed by atoms with Gasteiger partial charge >= 0.3 is 0 Å². The van der Waals surface area contributed by atoms with E-state index in [4.69, 9.17) is 0 Å². The third-order valence-corrected chi connectivity index (χ3v) is 2.91. The molecule has 0 aromatic rings. The Morgan fingerprint density at radius 1 is 1.46 bits per heavy atom. The number of piperidine rings is 1. The number of nitrogens with zero attached hydrogens (tertiary/aromatic N) is 1. The number of hydrogen-bond acceptors (Lipinski definition) is 2. The molecule has 78 valence electrons. The van der Waals surface area contributed by atoms with Gasteiger partial charge in [0.25, 0.3) is 0 Å². The van der Waals surface area contributed by atoms with Crippen LogP contribution >= 0.6 is 0 Å². The van der Waals surface area contributed by atoms with Gasteiger partial charge in [0.2, 0.25) is 0 Å². The van der Waals surface area contributed by atoms with Gasteiger partial charge < -0.3 is 10.2 Å². The highest BCUT2D eigenvalue weighted by atomic mass is 15.1. The van der Waals surface area contributed by atoms with Gasteiger partial charge in [-0.3, -0.25) is 0 Å². The monoisotopic (exact) mass is 184 g/mol. The molecule has 0 amide bonds. The van der Waals surface area contributed by atoms with Crippen LogP contribution < -0.4 is 5.32 Å². The van der Waals surface area contributed by atoms with Crippen molar-refractivity contribution in [2.45, 2.75) is 39.2 Å². The van der Waals surface area contributed by atoms with Gasteiger partial charge in [0.05, 0.1) is 0 Å². The van der Waals surface area contributed by atoms with Crippen molar-refractivity contribution in [1.82, 2.24) is 10.2 Å². The van der Waals surface area contributed by atoms with E-state index in [-0.39, 0.29) is 0 Å². The largest absolute Gasteiger partial charge is 0.314 e. The summed E-state index contributed by atoms with van der Waals surface area (Å²) in [6.07, 6.45) is 3.99. The second kappa shape index (κ2) is 5.61. The summed E-state index contributed by atoms with van der Waals surface area (Å²) < 4.78 is 0. The molecule has 0 aromatic heterocycles. The Bertz CT molecular complexity index is 136. The van der Waals surface area contributed by atoms with E-state index in [0.29, 0.717) is 0 Å². The lowest BCUT2D eigenvalue weighted by atomic mass is 9.93. The Morgan fingerprint density at radius 3 is 2.85 bits per heavy atom. The Hall–Kier alpha value is -0.0800. The van der Waals surface area contributed by atoms with E-state index in [1.807, 2.05) is 0 Å². The fourth-order valence-electron chi connectivity index (χ4n) is 2.31. The highest BCUT2D eigenvalue weighted by Gasteiger charge is 2.18. The summed E-state index contributed by atoms with van der Waals surface area (Å²) in [4.78, 5) is 2.47. The summed E-state index contributed by atoms with van der Waals surface area (Å²) in [5.74, 6) is 0.924. The quantitative estimate of drug-likeness (QED) is 0.715. The molecular formula is C11H24N2. The predicted octanol–water partition coefficient (Wildman–Crippen LogP) is 1.72. The lowest BCUT2D eigenvalue weighted by Gasteiger charge is -2.31. The Kier molecular flexibility index (Phi) is 4.74. The van der Waals surface area contributed by atoms with Gasteiger partial charge in [0, 0.05) is 12.6 Å². The minimum atomic E-state index is 0.730. The Morgan fingerprint density at radius 2 is 2.23 bits per heavy atom. The molecule has 1 N–H and O–H groups in total. The molecule has 1 aliphatic heterocycles. The normalized spacial score (nSPS) is 29.5. The van der Waals surface area contributed by atoms with Crippen LogP contribution in [0, 0.1) is 5.92 Å². The van der Waals surface area contributed by atoms with Crippen LogP contribution in [-0.2, 0) is 0 Å². The van der Waals surface area contributed by atoms with Crippen molar-refractivity contribution >= 4 is 0 Å². The topological polar surface area (TPSA) is 15.3 Å². The fraction of sp³-hybridized carbons (Fsp3) is 1.00. The van der Waals surface area contributed by atoms with Crippen LogP contribution in [0.1, 0.15) is 33.1 Å². The molecular weight excluding hydrogens is 160 g/mol. The zero-order chi connectivity index (χ0) is 9.68. The molecule has 1 aliphatic rings. The molecule has 2 atom stereocenters. The van der Waals surface area contributed by atoms with Crippen LogP contribution in [0.4, 0.5) is 0 Å². The van der Waals surface area contributed by atoms with E-state index in [9.17, 15) is 0 Å². The summed E-state index contributed by atoms with van der Waals surface area (Å²) in [5.41, 5.74) is 0. The number of rotatable bonds is 4. The van der Waals surface area contributed by atoms with E-state index >= 15 is 0 Å². The third-order valence-electron chi connectivity index (χ3n) is 2.91. The average molecular weight is 184 g/mol. The maximum atomic E-state index is 3.50. The molecule has 13 heavy (non-hydrogen) atoms. The highest BCUT2D eigenvalue weighted by molar-refractivity contribution is 4.76. The molecule has 0 bridgehead atoms. The van der Waals surface area contributed by atoms with Crippen LogP contribution in [0.5, 0.6) is 0 Å². The molecule has 0 saturated carbocycles. The Balaban J connectivity index is 2.19. The highest BCUT2D eigenvalue weighted by Crippen LogP contribution is 2.16. The van der Waals surface area contributed by atoms with Crippen molar-refractivity contribution < 1.29 is 0 Å². The molecule has 2 nitrogen and oxygen atoms in total. The molecule has 0 spiro atoms. The molecule has 1 saturated heterocycles. The van der Waals surface area contributed by atoms with Gasteiger partial charge in [-0.2, -0.15) is 0 Å². The maximum absolute atomic E-state index is 3.50. The van der Waals surface area contributed by atoms with Crippen molar-refractivity contribution in [3.05, 3.63) is 0 Å². The molecule has 1 heterocycles. The molecule has 0 radical (unpaired) electrons. The van der Waals surface area contributed by atoms with Crippen LogP contribution in [0.2, 0.25) is 0 Å². The number of nitrogens with one attached hydrogen (secondary N) is 1. The van der Waals surface area contributed by atoms with Crippen molar-refractivity contribution in [3.8, 4) is 0 Å². The first-order valence-electron chi connectivity index (χ1n) is 5.64. The summed E-state index contributed by atoms with van der Waals surface area (Å²) in [6.45, 7) is 8.30. The van der Waals surface area contributed by atoms with Crippen LogP contribution in [0.15, 0.2) is 0 Å². The number of hydrogen-bond donors (Lipinski definition) is 1. The van der Waals surface area contributed by atoms with E-state index in [1.165, 1.54) is 38.9 Å². The van der Waals surface area contributed by atoms with Crippen molar-refractivity contribution in [3.63, 3.8) is 0 Å². The third kappa shape index (κ3) is 4.10. The smallest absolute Gasteiger partial charge is 0.00418 e. The minimum absolute atomic E-state index is 0.730. The van der Waals surface area contributed by atoms with Gasteiger partial charge in [-0.15, -0.1) is 0 Å². The van der Waals surface area contributed by atoms with E-state index in [2.05, 4.69) is 31.1 Å². The van der Waals surface area contributed by atoms with Crippen molar-refractivity contribution in [2.75, 3.05) is 26.7 Å². The van der Waals surface area contributed by atoms with Gasteiger partial charge in [-0.25, -0.2) is 0 Å². The van der Waals surface area contributed by atoms with E-state index in [1.54, 1.807) is 0 Å². The molecule has 1 rings (SSSR count). The maximum Gasteiger partial charge on any atom is 0.00418 e. The molecule has 1 fully saturated rings. The molecule has 2 unspecified atom stereocenters. The molecule has 2 heteroatoms. The summed E-state index contributed by atoms with van der Waals surface area (Å²) >= 11 is 0. The average Bonchev–Trinajstić information content (AvgIpc) is 2.04. The van der Waals surface area contributed by atoms with E-state index < -0.39 is 0 Å². The van der Waals surface area contributed by atoms with Gasteiger partial charge in [0.15, 0.2) is 0 Å². The first-order valence-corrected chi connectivity index (χ1v) is 5.64. The zero-order valence-corrected chi connectivity index (χ0v) is 9.34. The van der Waals surface area contributed by atoms with Crippen LogP contribution in [0.25, 0.3) is 0 Å². The summed E-state index contributed by atoms with van der Waals surface area (Å²) in [7, 11) is 2.25. The zero-order valence-electron chi connectivity index (χ0n) is 9.34. The van der Waals surface area contributed by atoms with Gasteiger partial charge in [-0.05, 0) is 52.2 Å². The summed E-state index contributed by atoms with van der Waals surface area (Å²) in [6, 6.07) is 0.730. The standard InChI is InChI=1S/C11H24N2/c1-4-7-13(3)9-11-5-6-12-10(2)8-11/h10-12H,4-9H2,1-3H3. The van der Waals surface area contributed by atoms with Gasteiger partial charge in [0.1, 0.15) is 0 Å². The Labute approximate surface area is 82.7 Å². The van der Waals surface area contributed by atoms with Crippen LogP contribution in [-0.4, -0.2) is 37.6 Å². The molecule has 0 aromatic carbocycles. The van der Waals surface area contributed by atoms with Crippen LogP contribution in [0.3, 0.4) is 0 Å². The fourth-order valence-corrected chi connectivity index (χ4v) is 2.31. The van der Waals surface area contributed by atoms with Gasteiger partial charge in [-0.1, -0.05) is 6.92 Å². The second-order valence-corrected chi connectivity index (χ2v) is 4.51. The predicted molar refractivity (Wildman–Crippen MR) is 58.0 cm³/mol. The summed E-state index contributed by atoms with van der Waals surface area (Å²) in [5, 5.41) is 3.50. The minimum Gasteiger partial charge on any atom is -0.314 e. The molecule has 0 aliphatic carbocycles. The second-order valence-electron chi connectivity index (χ2n) is 4.51. The first kappa shape index (κ1) is 11.0. The van der Waals surface area contributed by atoms with E-state index in [0.717, 1.165) is 12.0 Å². The SMILES string of the molecule is CCCN(C)CC1CCNC(C)C1. The van der Waals surface area contributed by atoms with Crippen molar-refractivity contribution in [2.24, 2.45) is 5.92 Å². The lowest BCUT2D eigenvalue weighted by Crippen LogP contribution is -2.39. The lowest BCUT2D eigenvalue weighted by molar-refractivity contribution is 0.220. The first-order chi connectivity index (χ1) is 6.22.